The fourth-order valence-electron chi connectivity index (χ4n) is 3.55. The van der Waals surface area contributed by atoms with E-state index in [1.54, 1.807) is 0 Å². The van der Waals surface area contributed by atoms with Crippen molar-refractivity contribution >= 4 is 5.91 Å². The molecular formula is C21H42N2O2. The monoisotopic (exact) mass is 354 g/mol. The predicted molar refractivity (Wildman–Crippen MR) is 106 cm³/mol. The van der Waals surface area contributed by atoms with Crippen LogP contribution >= 0.6 is 0 Å². The molecular weight excluding hydrogens is 312 g/mol. The highest BCUT2D eigenvalue weighted by atomic mass is 16.5. The van der Waals surface area contributed by atoms with Crippen LogP contribution in [0.4, 0.5) is 0 Å². The summed E-state index contributed by atoms with van der Waals surface area (Å²) in [5, 5.41) is 3.20. The Morgan fingerprint density at radius 1 is 0.880 bits per heavy atom. The first-order chi connectivity index (χ1) is 12.3. The standard InChI is InChI=1S/C21H42N2O2/c1-3-5-6-7-8-9-10-11-12-13-14-15-21(24)22-20(4-2)23-16-18-25-19-17-23/h20H,3-19H2,1-2H3,(H,22,24). The van der Waals surface area contributed by atoms with Gasteiger partial charge in [-0.2, -0.15) is 0 Å². The molecule has 1 aliphatic heterocycles. The molecule has 1 rings (SSSR count). The minimum absolute atomic E-state index is 0.184. The number of carbonyl (C=O) groups is 1. The maximum absolute atomic E-state index is 12.1. The summed E-state index contributed by atoms with van der Waals surface area (Å²) in [6, 6.07) is 0. The first-order valence-corrected chi connectivity index (χ1v) is 10.9. The number of nitrogens with zero attached hydrogens (tertiary/aromatic N) is 1. The summed E-state index contributed by atoms with van der Waals surface area (Å²) >= 11 is 0. The van der Waals surface area contributed by atoms with Crippen molar-refractivity contribution in [3.63, 3.8) is 0 Å². The van der Waals surface area contributed by atoms with Gasteiger partial charge in [-0.25, -0.2) is 0 Å². The smallest absolute Gasteiger partial charge is 0.221 e. The lowest BCUT2D eigenvalue weighted by Crippen LogP contribution is -2.51. The molecule has 1 N–H and O–H groups in total. The highest BCUT2D eigenvalue weighted by molar-refractivity contribution is 5.76. The molecule has 148 valence electrons. The zero-order valence-corrected chi connectivity index (χ0v) is 16.9. The Hall–Kier alpha value is -0.610. The van der Waals surface area contributed by atoms with Gasteiger partial charge < -0.3 is 10.1 Å². The summed E-state index contributed by atoms with van der Waals surface area (Å²) in [4.78, 5) is 14.5. The molecule has 0 aliphatic carbocycles. The number of amides is 1. The molecule has 25 heavy (non-hydrogen) atoms. The van der Waals surface area contributed by atoms with Crippen molar-refractivity contribution < 1.29 is 9.53 Å². The molecule has 0 saturated carbocycles. The van der Waals surface area contributed by atoms with Crippen molar-refractivity contribution in [2.24, 2.45) is 0 Å². The second-order valence-corrected chi connectivity index (χ2v) is 7.43. The van der Waals surface area contributed by atoms with Crippen LogP contribution in [-0.2, 0) is 9.53 Å². The van der Waals surface area contributed by atoms with E-state index in [9.17, 15) is 4.79 Å². The predicted octanol–water partition coefficient (Wildman–Crippen LogP) is 4.87. The Morgan fingerprint density at radius 3 is 1.92 bits per heavy atom. The van der Waals surface area contributed by atoms with Gasteiger partial charge in [0, 0.05) is 19.5 Å². The second-order valence-electron chi connectivity index (χ2n) is 7.43. The molecule has 1 heterocycles. The molecule has 0 aromatic rings. The SMILES string of the molecule is CCCCCCCCCCCCCC(=O)NC(CC)N1CCOCC1. The largest absolute Gasteiger partial charge is 0.379 e. The minimum Gasteiger partial charge on any atom is -0.379 e. The molecule has 0 bridgehead atoms. The van der Waals surface area contributed by atoms with Crippen LogP contribution in [0.2, 0.25) is 0 Å². The Bertz CT molecular complexity index is 317. The van der Waals surface area contributed by atoms with Crippen molar-refractivity contribution in [2.75, 3.05) is 26.3 Å². The number of carbonyl (C=O) groups excluding carboxylic acids is 1. The zero-order chi connectivity index (χ0) is 18.2. The Kier molecular flexibility index (Phi) is 14.0. The van der Waals surface area contributed by atoms with E-state index in [0.717, 1.165) is 39.1 Å². The highest BCUT2D eigenvalue weighted by Crippen LogP contribution is 2.12. The fraction of sp³-hybridized carbons (Fsp3) is 0.952. The van der Waals surface area contributed by atoms with E-state index in [-0.39, 0.29) is 12.1 Å². The van der Waals surface area contributed by atoms with E-state index >= 15 is 0 Å². The summed E-state index contributed by atoms with van der Waals surface area (Å²) in [6.07, 6.45) is 16.4. The average molecular weight is 355 g/mol. The summed E-state index contributed by atoms with van der Waals surface area (Å²) in [5.74, 6) is 0.217. The summed E-state index contributed by atoms with van der Waals surface area (Å²) in [5.41, 5.74) is 0. The molecule has 1 amide bonds. The summed E-state index contributed by atoms with van der Waals surface area (Å²) in [7, 11) is 0. The second kappa shape index (κ2) is 15.6. The Balaban J connectivity index is 1.94. The molecule has 4 heteroatoms. The Morgan fingerprint density at radius 2 is 1.40 bits per heavy atom. The Labute approximate surface area is 156 Å². The van der Waals surface area contributed by atoms with E-state index in [4.69, 9.17) is 4.74 Å². The number of ether oxygens (including phenoxy) is 1. The van der Waals surface area contributed by atoms with E-state index in [2.05, 4.69) is 24.1 Å². The van der Waals surface area contributed by atoms with Gasteiger partial charge in [0.15, 0.2) is 0 Å². The lowest BCUT2D eigenvalue weighted by molar-refractivity contribution is -0.124. The van der Waals surface area contributed by atoms with Crippen LogP contribution in [0.3, 0.4) is 0 Å². The third-order valence-electron chi connectivity index (χ3n) is 5.21. The van der Waals surface area contributed by atoms with Gasteiger partial charge >= 0.3 is 0 Å². The number of unbranched alkanes of at least 4 members (excludes halogenated alkanes) is 10. The number of hydrogen-bond acceptors (Lipinski definition) is 3. The normalized spacial score (nSPS) is 16.7. The van der Waals surface area contributed by atoms with Gasteiger partial charge in [-0.1, -0.05) is 78.1 Å². The lowest BCUT2D eigenvalue weighted by Gasteiger charge is -2.34. The van der Waals surface area contributed by atoms with Crippen LogP contribution in [0.25, 0.3) is 0 Å². The summed E-state index contributed by atoms with van der Waals surface area (Å²) < 4.78 is 5.39. The summed E-state index contributed by atoms with van der Waals surface area (Å²) in [6.45, 7) is 7.83. The fourth-order valence-corrected chi connectivity index (χ4v) is 3.55. The van der Waals surface area contributed by atoms with Gasteiger partial charge in [-0.05, 0) is 12.8 Å². The maximum Gasteiger partial charge on any atom is 0.221 e. The van der Waals surface area contributed by atoms with Gasteiger partial charge in [-0.3, -0.25) is 9.69 Å². The molecule has 1 fully saturated rings. The van der Waals surface area contributed by atoms with Crippen molar-refractivity contribution in [1.29, 1.82) is 0 Å². The van der Waals surface area contributed by atoms with Crippen molar-refractivity contribution in [3.8, 4) is 0 Å². The van der Waals surface area contributed by atoms with Gasteiger partial charge in [0.1, 0.15) is 0 Å². The molecule has 0 radical (unpaired) electrons. The maximum atomic E-state index is 12.1. The minimum atomic E-state index is 0.184. The quantitative estimate of drug-likeness (QED) is 0.427. The van der Waals surface area contributed by atoms with Crippen LogP contribution in [-0.4, -0.2) is 43.3 Å². The van der Waals surface area contributed by atoms with Gasteiger partial charge in [0.2, 0.25) is 5.91 Å². The van der Waals surface area contributed by atoms with Crippen molar-refractivity contribution in [1.82, 2.24) is 10.2 Å². The molecule has 1 saturated heterocycles. The third kappa shape index (κ3) is 11.6. The molecule has 0 spiro atoms. The molecule has 1 aliphatic rings. The van der Waals surface area contributed by atoms with E-state index in [0.29, 0.717) is 6.42 Å². The number of hydrogen-bond donors (Lipinski definition) is 1. The molecule has 0 aromatic carbocycles. The first-order valence-electron chi connectivity index (χ1n) is 10.9. The van der Waals surface area contributed by atoms with E-state index in [1.807, 2.05) is 0 Å². The van der Waals surface area contributed by atoms with Gasteiger partial charge in [-0.15, -0.1) is 0 Å². The average Bonchev–Trinajstić information content (AvgIpc) is 2.65. The molecule has 0 aromatic heterocycles. The van der Waals surface area contributed by atoms with Gasteiger partial charge in [0.25, 0.3) is 0 Å². The first kappa shape index (κ1) is 22.4. The van der Waals surface area contributed by atoms with Crippen LogP contribution < -0.4 is 5.32 Å². The van der Waals surface area contributed by atoms with Crippen molar-refractivity contribution in [2.45, 2.75) is 103 Å². The number of nitrogens with one attached hydrogen (secondary N) is 1. The zero-order valence-electron chi connectivity index (χ0n) is 16.9. The molecule has 1 atom stereocenters. The van der Waals surface area contributed by atoms with Gasteiger partial charge in [0.05, 0.1) is 19.4 Å². The highest BCUT2D eigenvalue weighted by Gasteiger charge is 2.20. The third-order valence-corrected chi connectivity index (χ3v) is 5.21. The van der Waals surface area contributed by atoms with Crippen LogP contribution in [0.1, 0.15) is 97.3 Å². The van der Waals surface area contributed by atoms with Crippen LogP contribution in [0.15, 0.2) is 0 Å². The number of morpholine rings is 1. The van der Waals surface area contributed by atoms with Crippen LogP contribution in [0.5, 0.6) is 0 Å². The molecule has 4 nitrogen and oxygen atoms in total. The topological polar surface area (TPSA) is 41.6 Å². The van der Waals surface area contributed by atoms with Crippen molar-refractivity contribution in [3.05, 3.63) is 0 Å². The van der Waals surface area contributed by atoms with E-state index in [1.165, 1.54) is 64.2 Å². The molecule has 1 unspecified atom stereocenters. The van der Waals surface area contributed by atoms with E-state index < -0.39 is 0 Å². The number of rotatable bonds is 15. The van der Waals surface area contributed by atoms with Crippen LogP contribution in [0, 0.1) is 0 Å². The lowest BCUT2D eigenvalue weighted by atomic mass is 10.1.